The molecule has 1 unspecified atom stereocenters. The molecule has 0 aromatic heterocycles. The highest BCUT2D eigenvalue weighted by Crippen LogP contribution is 2.21. The molecule has 1 aliphatic heterocycles. The predicted octanol–water partition coefficient (Wildman–Crippen LogP) is 1.91. The first-order valence-electron chi connectivity index (χ1n) is 6.60. The van der Waals surface area contributed by atoms with E-state index in [4.69, 9.17) is 14.2 Å². The van der Waals surface area contributed by atoms with Gasteiger partial charge in [-0.3, -0.25) is 4.90 Å². The van der Waals surface area contributed by atoms with E-state index in [9.17, 15) is 0 Å². The molecule has 4 nitrogen and oxygen atoms in total. The lowest BCUT2D eigenvalue weighted by Crippen LogP contribution is -2.53. The number of hydrogen-bond acceptors (Lipinski definition) is 4. The number of alkyl halides is 1. The van der Waals surface area contributed by atoms with Crippen molar-refractivity contribution in [3.8, 4) is 0 Å². The van der Waals surface area contributed by atoms with E-state index in [0.29, 0.717) is 0 Å². The van der Waals surface area contributed by atoms with E-state index >= 15 is 0 Å². The van der Waals surface area contributed by atoms with Crippen LogP contribution in [0.25, 0.3) is 0 Å². The lowest BCUT2D eigenvalue weighted by molar-refractivity contribution is -0.129. The summed E-state index contributed by atoms with van der Waals surface area (Å²) in [7, 11) is 1.72. The Morgan fingerprint density at radius 2 is 2.11 bits per heavy atom. The van der Waals surface area contributed by atoms with Gasteiger partial charge in [0.1, 0.15) is 0 Å². The average molecular weight is 324 g/mol. The predicted molar refractivity (Wildman–Crippen MR) is 76.5 cm³/mol. The Morgan fingerprint density at radius 3 is 2.78 bits per heavy atom. The summed E-state index contributed by atoms with van der Waals surface area (Å²) < 4.78 is 16.6. The van der Waals surface area contributed by atoms with E-state index in [2.05, 4.69) is 34.7 Å². The van der Waals surface area contributed by atoms with Gasteiger partial charge in [-0.15, -0.1) is 0 Å². The number of methoxy groups -OCH3 is 1. The fourth-order valence-corrected chi connectivity index (χ4v) is 2.61. The van der Waals surface area contributed by atoms with Crippen molar-refractivity contribution in [2.45, 2.75) is 32.0 Å². The van der Waals surface area contributed by atoms with Crippen molar-refractivity contribution in [3.63, 3.8) is 0 Å². The zero-order valence-electron chi connectivity index (χ0n) is 11.8. The van der Waals surface area contributed by atoms with Gasteiger partial charge < -0.3 is 14.2 Å². The van der Waals surface area contributed by atoms with Crippen LogP contribution in [0.5, 0.6) is 0 Å². The minimum Gasteiger partial charge on any atom is -0.385 e. The minimum atomic E-state index is -0.0628. The molecule has 1 fully saturated rings. The molecule has 0 aliphatic carbocycles. The summed E-state index contributed by atoms with van der Waals surface area (Å²) >= 11 is 3.50. The lowest BCUT2D eigenvalue weighted by Gasteiger charge is -2.42. The summed E-state index contributed by atoms with van der Waals surface area (Å²) in [5.41, 5.74) is -0.0628. The maximum Gasteiger partial charge on any atom is 0.0806 e. The first-order chi connectivity index (χ1) is 8.57. The molecule has 1 heterocycles. The van der Waals surface area contributed by atoms with Gasteiger partial charge in [0.25, 0.3) is 0 Å². The first kappa shape index (κ1) is 16.4. The molecule has 108 valence electrons. The van der Waals surface area contributed by atoms with E-state index in [1.165, 1.54) is 0 Å². The summed E-state index contributed by atoms with van der Waals surface area (Å²) in [5, 5.41) is 0.891. The zero-order chi connectivity index (χ0) is 13.4. The molecule has 0 amide bonds. The van der Waals surface area contributed by atoms with Crippen molar-refractivity contribution in [1.82, 2.24) is 4.90 Å². The van der Waals surface area contributed by atoms with Gasteiger partial charge in [0.2, 0.25) is 0 Å². The van der Waals surface area contributed by atoms with Crippen LogP contribution in [0.4, 0.5) is 0 Å². The highest BCUT2D eigenvalue weighted by molar-refractivity contribution is 9.09. The summed E-state index contributed by atoms with van der Waals surface area (Å²) in [5.74, 6) is 0. The van der Waals surface area contributed by atoms with Gasteiger partial charge in [-0.05, 0) is 20.3 Å². The van der Waals surface area contributed by atoms with E-state index in [1.807, 2.05) is 0 Å². The van der Waals surface area contributed by atoms with Crippen LogP contribution < -0.4 is 0 Å². The SMILES string of the molecule is COCCCOCCN1CC(CBr)OC(C)(C)C1. The molecule has 5 heteroatoms. The number of halogens is 1. The molecule has 1 saturated heterocycles. The highest BCUT2D eigenvalue weighted by Gasteiger charge is 2.32. The van der Waals surface area contributed by atoms with Gasteiger partial charge in [-0.25, -0.2) is 0 Å². The molecule has 0 aromatic carbocycles. The number of rotatable bonds is 8. The first-order valence-corrected chi connectivity index (χ1v) is 7.72. The fraction of sp³-hybridized carbons (Fsp3) is 1.00. The Morgan fingerprint density at radius 1 is 1.33 bits per heavy atom. The van der Waals surface area contributed by atoms with Crippen molar-refractivity contribution in [2.75, 3.05) is 51.9 Å². The maximum atomic E-state index is 5.97. The largest absolute Gasteiger partial charge is 0.385 e. The molecule has 0 aromatic rings. The van der Waals surface area contributed by atoms with Crippen LogP contribution >= 0.6 is 15.9 Å². The van der Waals surface area contributed by atoms with Gasteiger partial charge in [0.15, 0.2) is 0 Å². The van der Waals surface area contributed by atoms with Crippen molar-refractivity contribution >= 4 is 15.9 Å². The quantitative estimate of drug-likeness (QED) is 0.504. The minimum absolute atomic E-state index is 0.0628. The Hall–Kier alpha value is 0.320. The summed E-state index contributed by atoms with van der Waals surface area (Å²) in [6.45, 7) is 9.56. The van der Waals surface area contributed by atoms with Crippen molar-refractivity contribution in [2.24, 2.45) is 0 Å². The van der Waals surface area contributed by atoms with E-state index in [-0.39, 0.29) is 11.7 Å². The van der Waals surface area contributed by atoms with Crippen LogP contribution in [-0.2, 0) is 14.2 Å². The molecule has 1 rings (SSSR count). The molecule has 0 radical (unpaired) electrons. The maximum absolute atomic E-state index is 5.97. The molecule has 0 spiro atoms. The van der Waals surface area contributed by atoms with Gasteiger partial charge in [-0.2, -0.15) is 0 Å². The van der Waals surface area contributed by atoms with E-state index in [0.717, 1.165) is 51.2 Å². The molecule has 1 aliphatic rings. The smallest absolute Gasteiger partial charge is 0.0806 e. The Bertz CT molecular complexity index is 226. The monoisotopic (exact) mass is 323 g/mol. The topological polar surface area (TPSA) is 30.9 Å². The summed E-state index contributed by atoms with van der Waals surface area (Å²) in [6, 6.07) is 0. The number of hydrogen-bond donors (Lipinski definition) is 0. The molecule has 0 N–H and O–H groups in total. The van der Waals surface area contributed by atoms with E-state index in [1.54, 1.807) is 7.11 Å². The van der Waals surface area contributed by atoms with Crippen LogP contribution in [0.3, 0.4) is 0 Å². The standard InChI is InChI=1S/C13H26BrNO3/c1-13(2)11-15(10-12(9-14)18-13)5-8-17-7-4-6-16-3/h12H,4-11H2,1-3H3. The number of ether oxygens (including phenoxy) is 3. The second kappa shape index (κ2) is 8.48. The van der Waals surface area contributed by atoms with Gasteiger partial charge in [-0.1, -0.05) is 15.9 Å². The molecular weight excluding hydrogens is 298 g/mol. The van der Waals surface area contributed by atoms with Crippen LogP contribution in [0, 0.1) is 0 Å². The number of morpholine rings is 1. The Kier molecular flexibility index (Phi) is 7.72. The van der Waals surface area contributed by atoms with Crippen LogP contribution in [0.15, 0.2) is 0 Å². The Balaban J connectivity index is 2.16. The third-order valence-electron chi connectivity index (χ3n) is 2.91. The summed E-state index contributed by atoms with van der Waals surface area (Å²) in [4.78, 5) is 2.42. The fourth-order valence-electron chi connectivity index (χ4n) is 2.27. The molecule has 0 saturated carbocycles. The summed E-state index contributed by atoms with van der Waals surface area (Å²) in [6.07, 6.45) is 1.25. The van der Waals surface area contributed by atoms with Crippen LogP contribution in [0.2, 0.25) is 0 Å². The second-order valence-electron chi connectivity index (χ2n) is 5.35. The third kappa shape index (κ3) is 6.48. The van der Waals surface area contributed by atoms with Crippen molar-refractivity contribution < 1.29 is 14.2 Å². The molecular formula is C13H26BrNO3. The van der Waals surface area contributed by atoms with Crippen molar-refractivity contribution in [3.05, 3.63) is 0 Å². The lowest BCUT2D eigenvalue weighted by atomic mass is 10.1. The highest BCUT2D eigenvalue weighted by atomic mass is 79.9. The molecule has 0 bridgehead atoms. The third-order valence-corrected chi connectivity index (χ3v) is 3.64. The zero-order valence-corrected chi connectivity index (χ0v) is 13.4. The molecule has 18 heavy (non-hydrogen) atoms. The average Bonchev–Trinajstić information content (AvgIpc) is 2.31. The van der Waals surface area contributed by atoms with Crippen molar-refractivity contribution in [1.29, 1.82) is 0 Å². The van der Waals surface area contributed by atoms with Crippen LogP contribution in [0.1, 0.15) is 20.3 Å². The van der Waals surface area contributed by atoms with Gasteiger partial charge in [0.05, 0.1) is 18.3 Å². The van der Waals surface area contributed by atoms with Gasteiger partial charge in [0, 0.05) is 45.3 Å². The van der Waals surface area contributed by atoms with Gasteiger partial charge >= 0.3 is 0 Å². The van der Waals surface area contributed by atoms with Crippen LogP contribution in [-0.4, -0.2) is 68.5 Å². The number of nitrogens with zero attached hydrogens (tertiary/aromatic N) is 1. The normalized spacial score (nSPS) is 24.3. The Labute approximate surface area is 119 Å². The second-order valence-corrected chi connectivity index (χ2v) is 6.00. The van der Waals surface area contributed by atoms with E-state index < -0.39 is 0 Å². The molecule has 1 atom stereocenters.